The minimum atomic E-state index is -0.261. The third kappa shape index (κ3) is 3.81. The Kier molecular flexibility index (Phi) is 4.44. The van der Waals surface area contributed by atoms with E-state index in [0.717, 1.165) is 5.56 Å². The largest absolute Gasteiger partial charge is 0.322 e. The van der Waals surface area contributed by atoms with Crippen LogP contribution < -0.4 is 5.32 Å². The van der Waals surface area contributed by atoms with Gasteiger partial charge in [-0.2, -0.15) is 5.10 Å². The summed E-state index contributed by atoms with van der Waals surface area (Å²) in [6, 6.07) is 14.2. The number of nitrogens with one attached hydrogen (secondary N) is 1. The lowest BCUT2D eigenvalue weighted by molar-refractivity contribution is 0.102. The van der Waals surface area contributed by atoms with Gasteiger partial charge in [0.2, 0.25) is 0 Å². The van der Waals surface area contributed by atoms with Gasteiger partial charge in [-0.1, -0.05) is 35.9 Å². The lowest BCUT2D eigenvalue weighted by Gasteiger charge is -2.07. The number of halogens is 1. The third-order valence-electron chi connectivity index (χ3n) is 3.01. The predicted octanol–water partition coefficient (Wildman–Crippen LogP) is 3.07. The summed E-state index contributed by atoms with van der Waals surface area (Å²) in [4.78, 5) is 12.2. The molecule has 6 nitrogen and oxygen atoms in total. The molecule has 0 atom stereocenters. The normalized spacial score (nSPS) is 10.8. The van der Waals surface area contributed by atoms with Gasteiger partial charge in [0.15, 0.2) is 0 Å². The molecule has 23 heavy (non-hydrogen) atoms. The number of nitrogens with zero attached hydrogens (tertiary/aromatic N) is 4. The summed E-state index contributed by atoms with van der Waals surface area (Å²) < 4.78 is 1.48. The smallest absolute Gasteiger partial charge is 0.257 e. The number of amides is 1. The average Bonchev–Trinajstić information content (AvgIpc) is 3.07. The van der Waals surface area contributed by atoms with Crippen LogP contribution in [0.1, 0.15) is 15.9 Å². The lowest BCUT2D eigenvalue weighted by Crippen LogP contribution is -2.12. The molecule has 3 aromatic rings. The summed E-state index contributed by atoms with van der Waals surface area (Å²) in [6.07, 6.45) is 4.62. The Morgan fingerprint density at radius 2 is 1.91 bits per heavy atom. The van der Waals surface area contributed by atoms with Gasteiger partial charge in [-0.05, 0) is 29.8 Å². The summed E-state index contributed by atoms with van der Waals surface area (Å²) in [6.45, 7) is 0. The minimum Gasteiger partial charge on any atom is -0.322 e. The highest BCUT2D eigenvalue weighted by Crippen LogP contribution is 2.17. The van der Waals surface area contributed by atoms with Crippen molar-refractivity contribution in [1.29, 1.82) is 0 Å². The SMILES string of the molecule is O=C(Nc1cccc(/C=N\n2cnnc2)c1)c1ccccc1Cl. The van der Waals surface area contributed by atoms with E-state index in [-0.39, 0.29) is 5.91 Å². The third-order valence-corrected chi connectivity index (χ3v) is 3.34. The molecule has 1 heterocycles. The second-order valence-corrected chi connectivity index (χ2v) is 5.05. The number of carbonyl (C=O) groups is 1. The highest BCUT2D eigenvalue weighted by molar-refractivity contribution is 6.34. The van der Waals surface area contributed by atoms with Gasteiger partial charge < -0.3 is 5.32 Å². The van der Waals surface area contributed by atoms with Crippen LogP contribution >= 0.6 is 11.6 Å². The van der Waals surface area contributed by atoms with Crippen molar-refractivity contribution in [2.24, 2.45) is 5.10 Å². The molecule has 3 rings (SSSR count). The van der Waals surface area contributed by atoms with Crippen LogP contribution in [0, 0.1) is 0 Å². The predicted molar refractivity (Wildman–Crippen MR) is 88.9 cm³/mol. The zero-order valence-electron chi connectivity index (χ0n) is 11.9. The lowest BCUT2D eigenvalue weighted by atomic mass is 10.2. The molecule has 0 saturated carbocycles. The number of anilines is 1. The molecule has 0 bridgehead atoms. The average molecular weight is 326 g/mol. The molecule has 0 radical (unpaired) electrons. The van der Waals surface area contributed by atoms with Crippen molar-refractivity contribution in [3.63, 3.8) is 0 Å². The molecule has 0 aliphatic carbocycles. The summed E-state index contributed by atoms with van der Waals surface area (Å²) in [5, 5.41) is 14.7. The van der Waals surface area contributed by atoms with Crippen molar-refractivity contribution in [2.45, 2.75) is 0 Å². The molecule has 0 fully saturated rings. The molecule has 2 aromatic carbocycles. The van der Waals surface area contributed by atoms with E-state index in [4.69, 9.17) is 11.6 Å². The number of hydrogen-bond acceptors (Lipinski definition) is 4. The number of carbonyl (C=O) groups excluding carboxylic acids is 1. The molecule has 0 saturated heterocycles. The second kappa shape index (κ2) is 6.85. The van der Waals surface area contributed by atoms with E-state index >= 15 is 0 Å². The zero-order chi connectivity index (χ0) is 16.1. The maximum absolute atomic E-state index is 12.2. The Bertz CT molecular complexity index is 845. The van der Waals surface area contributed by atoms with Crippen LogP contribution in [0.3, 0.4) is 0 Å². The Labute approximate surface area is 137 Å². The van der Waals surface area contributed by atoms with E-state index < -0.39 is 0 Å². The molecular weight excluding hydrogens is 314 g/mol. The summed E-state index contributed by atoms with van der Waals surface area (Å²) in [5.41, 5.74) is 1.91. The molecule has 1 amide bonds. The van der Waals surface area contributed by atoms with Crippen molar-refractivity contribution >= 4 is 29.4 Å². The number of aromatic nitrogens is 3. The van der Waals surface area contributed by atoms with Gasteiger partial charge in [-0.25, -0.2) is 4.68 Å². The van der Waals surface area contributed by atoms with Crippen LogP contribution in [-0.2, 0) is 0 Å². The summed E-state index contributed by atoms with van der Waals surface area (Å²) in [7, 11) is 0. The van der Waals surface area contributed by atoms with Gasteiger partial charge in [0.25, 0.3) is 5.91 Å². The fourth-order valence-electron chi connectivity index (χ4n) is 1.93. The maximum atomic E-state index is 12.2. The van der Waals surface area contributed by atoms with E-state index in [1.165, 1.54) is 17.3 Å². The molecule has 1 N–H and O–H groups in total. The van der Waals surface area contributed by atoms with E-state index in [2.05, 4.69) is 20.6 Å². The van der Waals surface area contributed by atoms with E-state index in [9.17, 15) is 4.79 Å². The number of hydrogen-bond donors (Lipinski definition) is 1. The maximum Gasteiger partial charge on any atom is 0.257 e. The first-order valence-corrected chi connectivity index (χ1v) is 7.15. The number of rotatable bonds is 4. The fraction of sp³-hybridized carbons (Fsp3) is 0. The van der Waals surface area contributed by atoms with Gasteiger partial charge in [0.05, 0.1) is 16.8 Å². The second-order valence-electron chi connectivity index (χ2n) is 4.65. The fourth-order valence-corrected chi connectivity index (χ4v) is 2.15. The van der Waals surface area contributed by atoms with Crippen molar-refractivity contribution < 1.29 is 4.79 Å². The first-order valence-electron chi connectivity index (χ1n) is 6.77. The summed E-state index contributed by atoms with van der Waals surface area (Å²) >= 11 is 6.03. The molecule has 0 spiro atoms. The van der Waals surface area contributed by atoms with E-state index in [0.29, 0.717) is 16.3 Å². The first kappa shape index (κ1) is 14.9. The molecule has 0 unspecified atom stereocenters. The topological polar surface area (TPSA) is 72.2 Å². The molecular formula is C16H12ClN5O. The van der Waals surface area contributed by atoms with E-state index in [1.807, 2.05) is 18.2 Å². The Morgan fingerprint density at radius 3 is 2.70 bits per heavy atom. The Hall–Kier alpha value is -2.99. The molecule has 1 aromatic heterocycles. The quantitative estimate of drug-likeness (QED) is 0.749. The van der Waals surface area contributed by atoms with Crippen LogP contribution in [-0.4, -0.2) is 27.0 Å². The molecule has 114 valence electrons. The highest BCUT2D eigenvalue weighted by atomic mass is 35.5. The van der Waals surface area contributed by atoms with Gasteiger partial charge >= 0.3 is 0 Å². The Balaban J connectivity index is 1.75. The number of benzene rings is 2. The first-order chi connectivity index (χ1) is 11.2. The van der Waals surface area contributed by atoms with Gasteiger partial charge in [-0.15, -0.1) is 10.2 Å². The van der Waals surface area contributed by atoms with Crippen LogP contribution in [0.25, 0.3) is 0 Å². The van der Waals surface area contributed by atoms with Crippen molar-refractivity contribution in [1.82, 2.24) is 14.9 Å². The monoisotopic (exact) mass is 325 g/mol. The van der Waals surface area contributed by atoms with Crippen LogP contribution in [0.2, 0.25) is 5.02 Å². The van der Waals surface area contributed by atoms with Crippen molar-refractivity contribution in [2.75, 3.05) is 5.32 Å². The Morgan fingerprint density at radius 1 is 1.13 bits per heavy atom. The van der Waals surface area contributed by atoms with E-state index in [1.54, 1.807) is 36.5 Å². The van der Waals surface area contributed by atoms with Gasteiger partial charge in [0, 0.05) is 5.69 Å². The summed E-state index contributed by atoms with van der Waals surface area (Å²) in [5.74, 6) is -0.261. The molecule has 7 heteroatoms. The van der Waals surface area contributed by atoms with Crippen molar-refractivity contribution in [3.8, 4) is 0 Å². The van der Waals surface area contributed by atoms with Gasteiger partial charge in [-0.3, -0.25) is 4.79 Å². The minimum absolute atomic E-state index is 0.261. The standard InChI is InChI=1S/C16H12ClN5O/c17-15-7-2-1-6-14(15)16(23)21-13-5-3-4-12(8-13)9-20-22-10-18-19-11-22/h1-11H,(H,21,23)/b20-9-. The van der Waals surface area contributed by atoms with Crippen molar-refractivity contribution in [3.05, 3.63) is 77.3 Å². The highest BCUT2D eigenvalue weighted by Gasteiger charge is 2.09. The molecule has 0 aliphatic heterocycles. The zero-order valence-corrected chi connectivity index (χ0v) is 12.7. The molecule has 0 aliphatic rings. The van der Waals surface area contributed by atoms with Crippen LogP contribution in [0.4, 0.5) is 5.69 Å². The van der Waals surface area contributed by atoms with Crippen LogP contribution in [0.5, 0.6) is 0 Å². The van der Waals surface area contributed by atoms with Gasteiger partial charge in [0.1, 0.15) is 12.7 Å². The van der Waals surface area contributed by atoms with Crippen LogP contribution in [0.15, 0.2) is 66.3 Å².